The van der Waals surface area contributed by atoms with Gasteiger partial charge in [0, 0.05) is 19.1 Å². The van der Waals surface area contributed by atoms with Crippen molar-refractivity contribution in [3.05, 3.63) is 23.3 Å². The maximum atomic E-state index is 12.4. The average molecular weight is 421 g/mol. The molecule has 0 fully saturated rings. The van der Waals surface area contributed by atoms with Crippen LogP contribution in [0.3, 0.4) is 0 Å². The van der Waals surface area contributed by atoms with Crippen LogP contribution in [0.5, 0.6) is 11.5 Å². The molecule has 1 heterocycles. The van der Waals surface area contributed by atoms with Crippen LogP contribution in [-0.4, -0.2) is 63.8 Å². The van der Waals surface area contributed by atoms with Gasteiger partial charge >= 0.3 is 12.0 Å². The highest BCUT2D eigenvalue weighted by atomic mass is 16.5. The fraction of sp³-hybridized carbons (Fsp3) is 0.571. The van der Waals surface area contributed by atoms with E-state index >= 15 is 0 Å². The van der Waals surface area contributed by atoms with E-state index in [1.807, 2.05) is 24.0 Å². The van der Waals surface area contributed by atoms with Crippen LogP contribution in [0.2, 0.25) is 0 Å². The van der Waals surface area contributed by atoms with E-state index in [1.165, 1.54) is 7.11 Å². The van der Waals surface area contributed by atoms with Crippen LogP contribution >= 0.6 is 0 Å². The quantitative estimate of drug-likeness (QED) is 0.462. The molecule has 3 amide bonds. The van der Waals surface area contributed by atoms with E-state index in [2.05, 4.69) is 10.6 Å². The first-order valence-corrected chi connectivity index (χ1v) is 10.1. The SMILES string of the molecule is CCCCNC(=O)NC(=O)CN1CCc2cc(OC)c(OC)cc2[C@@H]1CC(=O)OC. The summed E-state index contributed by atoms with van der Waals surface area (Å²) in [5.41, 5.74) is 1.90. The maximum Gasteiger partial charge on any atom is 0.321 e. The summed E-state index contributed by atoms with van der Waals surface area (Å²) in [6, 6.07) is 2.84. The Morgan fingerprint density at radius 2 is 1.83 bits per heavy atom. The van der Waals surface area contributed by atoms with E-state index in [-0.39, 0.29) is 25.0 Å². The van der Waals surface area contributed by atoms with Crippen LogP contribution in [-0.2, 0) is 20.7 Å². The number of hydrogen-bond donors (Lipinski definition) is 2. The van der Waals surface area contributed by atoms with Crippen molar-refractivity contribution < 1.29 is 28.6 Å². The number of esters is 1. The van der Waals surface area contributed by atoms with Crippen LogP contribution in [0.25, 0.3) is 0 Å². The molecule has 9 heteroatoms. The Balaban J connectivity index is 2.18. The normalized spacial score (nSPS) is 15.7. The van der Waals surface area contributed by atoms with Gasteiger partial charge in [0.05, 0.1) is 34.3 Å². The second-order valence-corrected chi connectivity index (χ2v) is 7.08. The van der Waals surface area contributed by atoms with Crippen molar-refractivity contribution in [1.82, 2.24) is 15.5 Å². The Morgan fingerprint density at radius 1 is 1.13 bits per heavy atom. The van der Waals surface area contributed by atoms with Gasteiger partial charge < -0.3 is 19.5 Å². The zero-order valence-corrected chi connectivity index (χ0v) is 18.1. The average Bonchev–Trinajstić information content (AvgIpc) is 2.74. The smallest absolute Gasteiger partial charge is 0.321 e. The highest BCUT2D eigenvalue weighted by Gasteiger charge is 2.32. The van der Waals surface area contributed by atoms with Crippen LogP contribution in [0.15, 0.2) is 12.1 Å². The number of unbranched alkanes of at least 4 members (excludes halogenated alkanes) is 1. The molecule has 1 atom stereocenters. The lowest BCUT2D eigenvalue weighted by Gasteiger charge is -2.36. The van der Waals surface area contributed by atoms with E-state index in [1.54, 1.807) is 14.2 Å². The number of nitrogens with one attached hydrogen (secondary N) is 2. The molecule has 0 radical (unpaired) electrons. The number of carbonyl (C=O) groups excluding carboxylic acids is 3. The molecule has 0 saturated carbocycles. The van der Waals surface area contributed by atoms with Gasteiger partial charge in [-0.25, -0.2) is 4.79 Å². The Bertz CT molecular complexity index is 767. The van der Waals surface area contributed by atoms with E-state index in [0.717, 1.165) is 24.0 Å². The van der Waals surface area contributed by atoms with E-state index < -0.39 is 11.9 Å². The number of urea groups is 1. The Labute approximate surface area is 177 Å². The molecule has 9 nitrogen and oxygen atoms in total. The first kappa shape index (κ1) is 23.5. The first-order valence-electron chi connectivity index (χ1n) is 10.1. The van der Waals surface area contributed by atoms with Crippen LogP contribution < -0.4 is 20.1 Å². The molecule has 0 unspecified atom stereocenters. The summed E-state index contributed by atoms with van der Waals surface area (Å²) in [5.74, 6) is 0.351. The summed E-state index contributed by atoms with van der Waals surface area (Å²) in [4.78, 5) is 38.2. The Morgan fingerprint density at radius 3 is 2.47 bits per heavy atom. The number of fused-ring (bicyclic) bond motifs is 1. The van der Waals surface area contributed by atoms with Gasteiger partial charge in [0.25, 0.3) is 0 Å². The highest BCUT2D eigenvalue weighted by Crippen LogP contribution is 2.39. The van der Waals surface area contributed by atoms with Gasteiger partial charge in [-0.15, -0.1) is 0 Å². The van der Waals surface area contributed by atoms with Crippen LogP contribution in [0.4, 0.5) is 4.79 Å². The Kier molecular flexibility index (Phi) is 8.91. The van der Waals surface area contributed by atoms with E-state index in [9.17, 15) is 14.4 Å². The molecule has 166 valence electrons. The lowest BCUT2D eigenvalue weighted by atomic mass is 9.90. The number of amides is 3. The van der Waals surface area contributed by atoms with Gasteiger partial charge in [-0.1, -0.05) is 13.3 Å². The fourth-order valence-electron chi connectivity index (χ4n) is 3.52. The highest BCUT2D eigenvalue weighted by molar-refractivity contribution is 5.95. The van der Waals surface area contributed by atoms with E-state index in [4.69, 9.17) is 14.2 Å². The number of imide groups is 1. The van der Waals surface area contributed by atoms with Crippen molar-refractivity contribution in [1.29, 1.82) is 0 Å². The maximum absolute atomic E-state index is 12.4. The van der Waals surface area contributed by atoms with Gasteiger partial charge in [0.1, 0.15) is 0 Å². The number of benzene rings is 1. The minimum atomic E-state index is -0.512. The molecule has 1 aromatic rings. The van der Waals surface area contributed by atoms with Crippen LogP contribution in [0, 0.1) is 0 Å². The predicted octanol–water partition coefficient (Wildman–Crippen LogP) is 1.79. The molecule has 1 aliphatic heterocycles. The van der Waals surface area contributed by atoms with Gasteiger partial charge in [-0.2, -0.15) is 0 Å². The summed E-state index contributed by atoms with van der Waals surface area (Å²) in [6.07, 6.45) is 2.54. The third kappa shape index (κ3) is 6.09. The number of nitrogens with zero attached hydrogens (tertiary/aromatic N) is 1. The molecular formula is C21H31N3O6. The number of methoxy groups -OCH3 is 3. The third-order valence-electron chi connectivity index (χ3n) is 5.12. The summed E-state index contributed by atoms with van der Waals surface area (Å²) < 4.78 is 15.6. The zero-order chi connectivity index (χ0) is 22.1. The van der Waals surface area contributed by atoms with Gasteiger partial charge in [0.15, 0.2) is 11.5 Å². The summed E-state index contributed by atoms with van der Waals surface area (Å²) in [6.45, 7) is 3.07. The van der Waals surface area contributed by atoms with Crippen molar-refractivity contribution in [2.24, 2.45) is 0 Å². The lowest BCUT2D eigenvalue weighted by Crippen LogP contribution is -2.47. The number of ether oxygens (including phenoxy) is 3. The largest absolute Gasteiger partial charge is 0.493 e. The van der Waals surface area contributed by atoms with Crippen molar-refractivity contribution in [2.75, 3.05) is 41.0 Å². The minimum Gasteiger partial charge on any atom is -0.493 e. The van der Waals surface area contributed by atoms with Crippen LogP contribution in [0.1, 0.15) is 43.4 Å². The molecule has 0 spiro atoms. The third-order valence-corrected chi connectivity index (χ3v) is 5.12. The number of rotatable bonds is 9. The second kappa shape index (κ2) is 11.4. The molecule has 0 aromatic heterocycles. The zero-order valence-electron chi connectivity index (χ0n) is 18.1. The van der Waals surface area contributed by atoms with Gasteiger partial charge in [-0.3, -0.25) is 19.8 Å². The molecule has 2 rings (SSSR count). The van der Waals surface area contributed by atoms with Gasteiger partial charge in [-0.05, 0) is 36.1 Å². The topological polar surface area (TPSA) is 106 Å². The van der Waals surface area contributed by atoms with Crippen molar-refractivity contribution >= 4 is 17.9 Å². The minimum absolute atomic E-state index is 0.0172. The summed E-state index contributed by atoms with van der Waals surface area (Å²) in [5, 5.41) is 5.00. The molecule has 2 N–H and O–H groups in total. The summed E-state index contributed by atoms with van der Waals surface area (Å²) in [7, 11) is 4.45. The molecule has 0 bridgehead atoms. The summed E-state index contributed by atoms with van der Waals surface area (Å²) >= 11 is 0. The second-order valence-electron chi connectivity index (χ2n) is 7.08. The van der Waals surface area contributed by atoms with Crippen molar-refractivity contribution in [2.45, 2.75) is 38.6 Å². The lowest BCUT2D eigenvalue weighted by molar-refractivity contribution is -0.142. The molecular weight excluding hydrogens is 390 g/mol. The molecule has 30 heavy (non-hydrogen) atoms. The van der Waals surface area contributed by atoms with E-state index in [0.29, 0.717) is 31.0 Å². The standard InChI is InChI=1S/C21H31N3O6/c1-5-6-8-22-21(27)23-19(25)13-24-9-7-14-10-17(28-2)18(29-3)11-15(14)16(24)12-20(26)30-4/h10-11,16H,5-9,12-13H2,1-4H3,(H2,22,23,25,27)/t16-/m0/s1. The molecule has 1 aromatic carbocycles. The monoisotopic (exact) mass is 421 g/mol. The molecule has 1 aliphatic rings. The van der Waals surface area contributed by atoms with Gasteiger partial charge in [0.2, 0.25) is 5.91 Å². The van der Waals surface area contributed by atoms with Crippen molar-refractivity contribution in [3.8, 4) is 11.5 Å². The predicted molar refractivity (Wildman–Crippen MR) is 111 cm³/mol. The Hall–Kier alpha value is -2.81. The number of carbonyl (C=O) groups is 3. The molecule has 0 saturated heterocycles. The fourth-order valence-corrected chi connectivity index (χ4v) is 3.52. The number of hydrogen-bond acceptors (Lipinski definition) is 7. The van der Waals surface area contributed by atoms with Crippen molar-refractivity contribution in [3.63, 3.8) is 0 Å². The molecule has 0 aliphatic carbocycles. The first-order chi connectivity index (χ1) is 14.4.